The molecule has 2 aromatic carbocycles. The Bertz CT molecular complexity index is 1050. The van der Waals surface area contributed by atoms with Gasteiger partial charge in [0.1, 0.15) is 5.76 Å². The zero-order valence-corrected chi connectivity index (χ0v) is 21.2. The van der Waals surface area contributed by atoms with Gasteiger partial charge in [0.2, 0.25) is 5.75 Å². The molecular weight excluding hydrogens is 416 g/mol. The van der Waals surface area contributed by atoms with Gasteiger partial charge in [0.25, 0.3) is 0 Å². The maximum Gasteiger partial charge on any atom is 1.00 e. The standard InChI is InChI=1S/C25H27NO3P.Na.H/c1-28-25(23-19-12-16-11-17(14-19)15-20(23)13-16)22-8-7-18-5-2-3-6-21(18)24(22)29-30(27)10-4-9-26;;/h2-3,5-8,16-17,19-20H,4,10-15H2,1H3;;/q2*+1;-1. The van der Waals surface area contributed by atoms with Crippen LogP contribution in [0, 0.1) is 35.0 Å². The Balaban J connectivity index is 0.00000144. The van der Waals surface area contributed by atoms with Crippen molar-refractivity contribution in [1.82, 2.24) is 0 Å². The SMILES string of the molecule is COC(=C1C2CC3CC(C2)CC1C3)c1ccc2ccccc2c1O[P+](=O)CCC#N.[H-].[Na+]. The molecule has 0 saturated heterocycles. The second-order valence-corrected chi connectivity index (χ2v) is 10.3. The Kier molecular flexibility index (Phi) is 7.09. The average Bonchev–Trinajstić information content (AvgIpc) is 2.75. The van der Waals surface area contributed by atoms with Gasteiger partial charge in [-0.3, -0.25) is 4.52 Å². The van der Waals surface area contributed by atoms with Gasteiger partial charge in [0.05, 0.1) is 25.2 Å². The number of hydrogen-bond donors (Lipinski definition) is 0. The Morgan fingerprint density at radius 1 is 1.10 bits per heavy atom. The van der Waals surface area contributed by atoms with Gasteiger partial charge in [-0.05, 0) is 77.4 Å². The number of allylic oxidation sites excluding steroid dienone is 1. The summed E-state index contributed by atoms with van der Waals surface area (Å²) in [4.78, 5) is 0. The molecule has 0 spiro atoms. The molecule has 0 amide bonds. The molecule has 0 aromatic heterocycles. The first kappa shape index (κ1) is 22.8. The van der Waals surface area contributed by atoms with Gasteiger partial charge in [-0.1, -0.05) is 30.3 Å². The van der Waals surface area contributed by atoms with Crippen LogP contribution in [0.4, 0.5) is 0 Å². The van der Waals surface area contributed by atoms with Crippen LogP contribution in [0.25, 0.3) is 16.5 Å². The molecule has 4 aliphatic carbocycles. The van der Waals surface area contributed by atoms with E-state index in [9.17, 15) is 4.57 Å². The predicted molar refractivity (Wildman–Crippen MR) is 119 cm³/mol. The number of nitriles is 1. The summed E-state index contributed by atoms with van der Waals surface area (Å²) in [5.74, 6) is 4.51. The Labute approximate surface area is 208 Å². The number of fused-ring (bicyclic) bond motifs is 1. The topological polar surface area (TPSA) is 59.3 Å². The molecule has 2 aromatic rings. The van der Waals surface area contributed by atoms with Gasteiger partial charge in [0, 0.05) is 5.39 Å². The van der Waals surface area contributed by atoms with Crippen LogP contribution in [0.3, 0.4) is 0 Å². The number of methoxy groups -OCH3 is 1. The summed E-state index contributed by atoms with van der Waals surface area (Å²) in [7, 11) is -0.210. The first-order valence-electron chi connectivity index (χ1n) is 11.0. The summed E-state index contributed by atoms with van der Waals surface area (Å²) in [5, 5.41) is 10.8. The molecule has 6 heteroatoms. The maximum atomic E-state index is 12.6. The summed E-state index contributed by atoms with van der Waals surface area (Å²) in [6.45, 7) is 0. The summed E-state index contributed by atoms with van der Waals surface area (Å²) in [5.41, 5.74) is 2.36. The molecule has 4 fully saturated rings. The van der Waals surface area contributed by atoms with Crippen molar-refractivity contribution in [3.8, 4) is 11.8 Å². The zero-order valence-electron chi connectivity index (χ0n) is 19.3. The van der Waals surface area contributed by atoms with Gasteiger partial charge in [0.15, 0.2) is 6.16 Å². The van der Waals surface area contributed by atoms with E-state index in [2.05, 4.69) is 18.2 Å². The Hall–Kier alpha value is -1.37. The molecule has 0 radical (unpaired) electrons. The smallest absolute Gasteiger partial charge is 1.00 e. The van der Waals surface area contributed by atoms with Gasteiger partial charge < -0.3 is 6.16 Å². The summed E-state index contributed by atoms with van der Waals surface area (Å²) >= 11 is 0. The van der Waals surface area contributed by atoms with E-state index in [-0.39, 0.29) is 43.6 Å². The molecule has 4 aliphatic rings. The van der Waals surface area contributed by atoms with Crippen molar-refractivity contribution in [2.75, 3.05) is 13.3 Å². The Morgan fingerprint density at radius 3 is 2.42 bits per heavy atom. The second-order valence-electron chi connectivity index (χ2n) is 9.01. The van der Waals surface area contributed by atoms with Crippen LogP contribution in [0.5, 0.6) is 5.75 Å². The fourth-order valence-electron chi connectivity index (χ4n) is 6.25. The van der Waals surface area contributed by atoms with E-state index in [0.29, 0.717) is 17.6 Å². The minimum absolute atomic E-state index is 0. The van der Waals surface area contributed by atoms with Gasteiger partial charge in [-0.15, -0.1) is 0 Å². The molecule has 4 bridgehead atoms. The third-order valence-corrected chi connectivity index (χ3v) is 8.18. The van der Waals surface area contributed by atoms with E-state index in [1.54, 1.807) is 7.11 Å². The van der Waals surface area contributed by atoms with Crippen molar-refractivity contribution in [2.24, 2.45) is 23.7 Å². The van der Waals surface area contributed by atoms with Crippen LogP contribution < -0.4 is 34.1 Å². The quantitative estimate of drug-likeness (QED) is 0.386. The zero-order chi connectivity index (χ0) is 20.7. The van der Waals surface area contributed by atoms with Crippen molar-refractivity contribution in [3.05, 3.63) is 47.5 Å². The van der Waals surface area contributed by atoms with Crippen LogP contribution in [0.2, 0.25) is 0 Å². The molecule has 1 atom stereocenters. The summed E-state index contributed by atoms with van der Waals surface area (Å²) in [6, 6.07) is 14.2. The number of ether oxygens (including phenoxy) is 1. The summed E-state index contributed by atoms with van der Waals surface area (Å²) in [6.07, 6.45) is 6.96. The fourth-order valence-corrected chi connectivity index (χ4v) is 7.03. The monoisotopic (exact) mass is 444 g/mol. The van der Waals surface area contributed by atoms with Crippen LogP contribution >= 0.6 is 8.03 Å². The second kappa shape index (κ2) is 9.63. The molecule has 31 heavy (non-hydrogen) atoms. The largest absolute Gasteiger partial charge is 1.00 e. The first-order valence-corrected chi connectivity index (χ1v) is 12.3. The van der Waals surface area contributed by atoms with Crippen LogP contribution in [0.15, 0.2) is 42.0 Å². The number of hydrogen-bond acceptors (Lipinski definition) is 4. The number of rotatable bonds is 6. The first-order chi connectivity index (χ1) is 14.7. The van der Waals surface area contributed by atoms with E-state index in [4.69, 9.17) is 14.5 Å². The normalized spacial score (nSPS) is 26.2. The minimum atomic E-state index is -1.96. The third-order valence-electron chi connectivity index (χ3n) is 7.21. The molecular formula is C25H28NNaO3P+. The van der Waals surface area contributed by atoms with Gasteiger partial charge in [-0.2, -0.15) is 5.26 Å². The molecule has 0 heterocycles. The molecule has 156 valence electrons. The number of nitrogens with zero attached hydrogens (tertiary/aromatic N) is 1. The predicted octanol–water partition coefficient (Wildman–Crippen LogP) is 3.80. The average molecular weight is 444 g/mol. The van der Waals surface area contributed by atoms with Gasteiger partial charge >= 0.3 is 37.6 Å². The molecule has 1 unspecified atom stereocenters. The molecule has 4 saturated carbocycles. The maximum absolute atomic E-state index is 12.6. The van der Waals surface area contributed by atoms with Crippen molar-refractivity contribution >= 4 is 24.6 Å². The van der Waals surface area contributed by atoms with Crippen molar-refractivity contribution in [3.63, 3.8) is 0 Å². The van der Waals surface area contributed by atoms with E-state index in [0.717, 1.165) is 33.9 Å². The molecule has 0 aliphatic heterocycles. The van der Waals surface area contributed by atoms with Crippen LogP contribution in [0.1, 0.15) is 45.5 Å². The van der Waals surface area contributed by atoms with Crippen molar-refractivity contribution in [2.45, 2.75) is 38.5 Å². The fraction of sp³-hybridized carbons (Fsp3) is 0.480. The van der Waals surface area contributed by atoms with E-state index in [1.807, 2.05) is 24.3 Å². The minimum Gasteiger partial charge on any atom is -1.00 e. The van der Waals surface area contributed by atoms with Crippen molar-refractivity contribution in [1.29, 1.82) is 5.26 Å². The number of benzene rings is 2. The van der Waals surface area contributed by atoms with E-state index in [1.165, 1.54) is 37.7 Å². The Morgan fingerprint density at radius 2 is 1.77 bits per heavy atom. The van der Waals surface area contributed by atoms with E-state index < -0.39 is 8.03 Å². The molecule has 6 rings (SSSR count). The molecule has 0 N–H and O–H groups in total. The van der Waals surface area contributed by atoms with Gasteiger partial charge in [-0.25, -0.2) is 0 Å². The summed E-state index contributed by atoms with van der Waals surface area (Å²) < 4.78 is 24.7. The van der Waals surface area contributed by atoms with Crippen molar-refractivity contribution < 1.29 is 44.8 Å². The van der Waals surface area contributed by atoms with Crippen LogP contribution in [-0.4, -0.2) is 13.3 Å². The van der Waals surface area contributed by atoms with Crippen LogP contribution in [-0.2, 0) is 9.30 Å². The van der Waals surface area contributed by atoms with E-state index >= 15 is 0 Å². The third kappa shape index (κ3) is 4.31. The molecule has 4 nitrogen and oxygen atoms in total.